The molecule has 5 nitrogen and oxygen atoms in total. The number of nitrogens with zero attached hydrogens (tertiary/aromatic N) is 4. The van der Waals surface area contributed by atoms with Gasteiger partial charge in [-0.3, -0.25) is 0 Å². The van der Waals surface area contributed by atoms with Gasteiger partial charge in [-0.1, -0.05) is 18.2 Å². The van der Waals surface area contributed by atoms with Gasteiger partial charge in [-0.2, -0.15) is 0 Å². The van der Waals surface area contributed by atoms with E-state index in [4.69, 9.17) is 5.73 Å². The molecule has 2 rings (SSSR count). The van der Waals surface area contributed by atoms with E-state index in [0.29, 0.717) is 11.3 Å². The number of tetrazole rings is 1. The molecule has 78 valence electrons. The van der Waals surface area contributed by atoms with Crippen LogP contribution in [-0.4, -0.2) is 31.5 Å². The Morgan fingerprint density at radius 2 is 2.36 bits per heavy atom. The van der Waals surface area contributed by atoms with Crippen molar-refractivity contribution in [3.8, 4) is 0 Å². The zero-order valence-electron chi connectivity index (χ0n) is 8.26. The molecule has 1 aromatic rings. The highest BCUT2D eigenvalue weighted by Gasteiger charge is 2.21. The van der Waals surface area contributed by atoms with Crippen molar-refractivity contribution in [2.75, 3.05) is 0 Å². The Morgan fingerprint density at radius 1 is 1.50 bits per heavy atom. The van der Waals surface area contributed by atoms with E-state index in [0.717, 1.165) is 18.0 Å². The highest BCUT2D eigenvalue weighted by Crippen LogP contribution is 2.31. The minimum atomic E-state index is 0.363. The number of aryl methyl sites for hydroxylation is 1. The van der Waals surface area contributed by atoms with Crippen LogP contribution in [0, 0.1) is 0 Å². The van der Waals surface area contributed by atoms with Crippen molar-refractivity contribution in [2.45, 2.75) is 42.1 Å². The van der Waals surface area contributed by atoms with Gasteiger partial charge in [-0.15, -0.1) is 5.10 Å². The molecule has 6 heteroatoms. The van der Waals surface area contributed by atoms with Gasteiger partial charge >= 0.3 is 0 Å². The first kappa shape index (κ1) is 9.92. The van der Waals surface area contributed by atoms with Crippen LogP contribution in [0.5, 0.6) is 0 Å². The average Bonchev–Trinajstić information content (AvgIpc) is 2.52. The fraction of sp³-hybridized carbons (Fsp3) is 0.875. The summed E-state index contributed by atoms with van der Waals surface area (Å²) < 4.78 is 1.71. The zero-order chi connectivity index (χ0) is 9.97. The molecular weight excluding hydrogens is 198 g/mol. The molecule has 2 unspecified atom stereocenters. The highest BCUT2D eigenvalue weighted by molar-refractivity contribution is 7.99. The first-order valence-electron chi connectivity index (χ1n) is 4.90. The second kappa shape index (κ2) is 4.27. The lowest BCUT2D eigenvalue weighted by molar-refractivity contribution is 0.450. The summed E-state index contributed by atoms with van der Waals surface area (Å²) in [7, 11) is 1.87. The highest BCUT2D eigenvalue weighted by atomic mass is 32.2. The van der Waals surface area contributed by atoms with Gasteiger partial charge < -0.3 is 5.73 Å². The lowest BCUT2D eigenvalue weighted by Crippen LogP contribution is -2.29. The fourth-order valence-corrected chi connectivity index (χ4v) is 2.96. The van der Waals surface area contributed by atoms with Gasteiger partial charge in [0, 0.05) is 18.3 Å². The minimum Gasteiger partial charge on any atom is -0.328 e. The maximum absolute atomic E-state index is 5.92. The normalized spacial score (nSPS) is 27.9. The Bertz CT molecular complexity index is 300. The number of nitrogens with two attached hydrogens (primary N) is 1. The molecule has 1 heterocycles. The van der Waals surface area contributed by atoms with Crippen molar-refractivity contribution in [1.82, 2.24) is 20.2 Å². The van der Waals surface area contributed by atoms with Crippen LogP contribution in [0.25, 0.3) is 0 Å². The fourth-order valence-electron chi connectivity index (χ4n) is 1.76. The molecule has 2 atom stereocenters. The van der Waals surface area contributed by atoms with Crippen molar-refractivity contribution in [1.29, 1.82) is 0 Å². The third kappa shape index (κ3) is 2.24. The Hall–Kier alpha value is -0.620. The van der Waals surface area contributed by atoms with Crippen LogP contribution in [0.4, 0.5) is 0 Å². The Kier molecular flexibility index (Phi) is 3.02. The summed E-state index contributed by atoms with van der Waals surface area (Å²) in [6.45, 7) is 0. The maximum Gasteiger partial charge on any atom is 0.209 e. The van der Waals surface area contributed by atoms with Gasteiger partial charge in [-0.25, -0.2) is 4.68 Å². The summed E-state index contributed by atoms with van der Waals surface area (Å²) in [5, 5.41) is 12.9. The van der Waals surface area contributed by atoms with E-state index >= 15 is 0 Å². The monoisotopic (exact) mass is 213 g/mol. The summed E-state index contributed by atoms with van der Waals surface area (Å²) in [5.41, 5.74) is 5.92. The summed E-state index contributed by atoms with van der Waals surface area (Å²) in [6.07, 6.45) is 4.70. The average molecular weight is 213 g/mol. The van der Waals surface area contributed by atoms with E-state index in [1.54, 1.807) is 16.4 Å². The van der Waals surface area contributed by atoms with Gasteiger partial charge in [-0.05, 0) is 29.7 Å². The molecule has 0 saturated heterocycles. The number of thioether (sulfide) groups is 1. The van der Waals surface area contributed by atoms with Crippen LogP contribution in [0.3, 0.4) is 0 Å². The van der Waals surface area contributed by atoms with E-state index in [2.05, 4.69) is 15.5 Å². The topological polar surface area (TPSA) is 69.6 Å². The van der Waals surface area contributed by atoms with Crippen LogP contribution in [0.1, 0.15) is 25.7 Å². The van der Waals surface area contributed by atoms with Crippen molar-refractivity contribution in [2.24, 2.45) is 12.8 Å². The second-order valence-corrected chi connectivity index (χ2v) is 5.02. The predicted octanol–water partition coefficient (Wildman–Crippen LogP) is 0.572. The molecule has 1 aliphatic rings. The first-order chi connectivity index (χ1) is 6.75. The lowest BCUT2D eigenvalue weighted by atomic mass is 9.96. The van der Waals surface area contributed by atoms with Crippen molar-refractivity contribution in [3.63, 3.8) is 0 Å². The molecule has 0 spiro atoms. The second-order valence-electron chi connectivity index (χ2n) is 3.75. The van der Waals surface area contributed by atoms with Gasteiger partial charge in [0.25, 0.3) is 0 Å². The Labute approximate surface area is 87.4 Å². The smallest absolute Gasteiger partial charge is 0.209 e. The van der Waals surface area contributed by atoms with E-state index in [9.17, 15) is 0 Å². The third-order valence-corrected chi connectivity index (χ3v) is 3.84. The number of aromatic nitrogens is 4. The summed E-state index contributed by atoms with van der Waals surface area (Å²) >= 11 is 1.75. The van der Waals surface area contributed by atoms with Crippen LogP contribution in [0.15, 0.2) is 5.16 Å². The third-order valence-electron chi connectivity index (χ3n) is 2.52. The van der Waals surface area contributed by atoms with Crippen LogP contribution >= 0.6 is 11.8 Å². The molecule has 0 radical (unpaired) electrons. The Balaban J connectivity index is 1.94. The number of rotatable bonds is 2. The largest absolute Gasteiger partial charge is 0.328 e. The quantitative estimate of drug-likeness (QED) is 0.778. The molecule has 1 aliphatic carbocycles. The first-order valence-corrected chi connectivity index (χ1v) is 5.78. The SMILES string of the molecule is Cn1nnnc1SC1CCCC(N)C1. The molecule has 0 aromatic carbocycles. The van der Waals surface area contributed by atoms with Crippen LogP contribution in [0.2, 0.25) is 0 Å². The predicted molar refractivity (Wildman–Crippen MR) is 54.9 cm³/mol. The summed E-state index contributed by atoms with van der Waals surface area (Å²) in [5.74, 6) is 0. The van der Waals surface area contributed by atoms with Gasteiger partial charge in [0.1, 0.15) is 0 Å². The molecule has 2 N–H and O–H groups in total. The van der Waals surface area contributed by atoms with Crippen LogP contribution < -0.4 is 5.73 Å². The standard InChI is InChI=1S/C8H15N5S/c1-13-8(10-11-12-13)14-7-4-2-3-6(9)5-7/h6-7H,2-5,9H2,1H3. The van der Waals surface area contributed by atoms with Gasteiger partial charge in [0.15, 0.2) is 0 Å². The van der Waals surface area contributed by atoms with Crippen molar-refractivity contribution >= 4 is 11.8 Å². The molecular formula is C8H15N5S. The molecule has 0 aliphatic heterocycles. The molecule has 14 heavy (non-hydrogen) atoms. The van der Waals surface area contributed by atoms with Gasteiger partial charge in [0.2, 0.25) is 5.16 Å². The molecule has 1 saturated carbocycles. The molecule has 1 aromatic heterocycles. The minimum absolute atomic E-state index is 0.363. The van der Waals surface area contributed by atoms with E-state index in [1.807, 2.05) is 7.05 Å². The molecule has 0 bridgehead atoms. The Morgan fingerprint density at radius 3 is 3.00 bits per heavy atom. The number of hydrogen-bond donors (Lipinski definition) is 1. The van der Waals surface area contributed by atoms with Crippen LogP contribution in [-0.2, 0) is 7.05 Å². The van der Waals surface area contributed by atoms with Crippen molar-refractivity contribution in [3.05, 3.63) is 0 Å². The van der Waals surface area contributed by atoms with E-state index in [-0.39, 0.29) is 0 Å². The lowest BCUT2D eigenvalue weighted by Gasteiger charge is -2.25. The summed E-state index contributed by atoms with van der Waals surface area (Å²) in [6, 6.07) is 0.363. The number of hydrogen-bond acceptors (Lipinski definition) is 5. The van der Waals surface area contributed by atoms with Crippen molar-refractivity contribution < 1.29 is 0 Å². The zero-order valence-corrected chi connectivity index (χ0v) is 9.07. The molecule has 0 amide bonds. The van der Waals surface area contributed by atoms with Gasteiger partial charge in [0.05, 0.1) is 0 Å². The van der Waals surface area contributed by atoms with E-state index < -0.39 is 0 Å². The maximum atomic E-state index is 5.92. The van der Waals surface area contributed by atoms with E-state index in [1.165, 1.54) is 12.8 Å². The summed E-state index contributed by atoms with van der Waals surface area (Å²) in [4.78, 5) is 0. The molecule has 1 fully saturated rings.